The van der Waals surface area contributed by atoms with Gasteiger partial charge in [-0.3, -0.25) is 0 Å². The predicted molar refractivity (Wildman–Crippen MR) is 109 cm³/mol. The zero-order valence-corrected chi connectivity index (χ0v) is 19.2. The summed E-state index contributed by atoms with van der Waals surface area (Å²) in [5, 5.41) is 0. The van der Waals surface area contributed by atoms with Crippen molar-refractivity contribution in [1.82, 2.24) is 0 Å². The Morgan fingerprint density at radius 2 is 1.04 bits per heavy atom. The van der Waals surface area contributed by atoms with Gasteiger partial charge in [0.15, 0.2) is 0 Å². The van der Waals surface area contributed by atoms with Gasteiger partial charge in [0.05, 0.1) is 0 Å². The second-order valence-corrected chi connectivity index (χ2v) is 18.8. The Balaban J connectivity index is 0.000000664. The van der Waals surface area contributed by atoms with Crippen LogP contribution in [0.3, 0.4) is 0 Å². The van der Waals surface area contributed by atoms with Crippen LogP contribution in [0.5, 0.6) is 0 Å². The molecular weight excluding hydrogens is 396 g/mol. The molecule has 142 valence electrons. The monoisotopic (exact) mass is 444 g/mol. The summed E-state index contributed by atoms with van der Waals surface area (Å²) in [4.78, 5) is 0. The molecular formula is C21H46OTe. The molecule has 0 aromatic rings. The summed E-state index contributed by atoms with van der Waals surface area (Å²) in [5.74, 6) is 0. The Labute approximate surface area is 152 Å². The summed E-state index contributed by atoms with van der Waals surface area (Å²) in [7, 11) is 0. The molecule has 23 heavy (non-hydrogen) atoms. The van der Waals surface area contributed by atoms with Crippen molar-refractivity contribution < 1.29 is 4.74 Å². The molecule has 0 amide bonds. The van der Waals surface area contributed by atoms with Crippen LogP contribution in [-0.4, -0.2) is 31.4 Å². The molecule has 0 saturated carbocycles. The average molecular weight is 442 g/mol. The van der Waals surface area contributed by atoms with E-state index >= 15 is 0 Å². The van der Waals surface area contributed by atoms with Crippen molar-refractivity contribution in [3.8, 4) is 0 Å². The Morgan fingerprint density at radius 3 is 1.30 bits per heavy atom. The third kappa shape index (κ3) is 13.7. The van der Waals surface area contributed by atoms with E-state index in [0.717, 1.165) is 13.2 Å². The molecule has 0 aromatic heterocycles. The van der Waals surface area contributed by atoms with Gasteiger partial charge >= 0.3 is 115 Å². The summed E-state index contributed by atoms with van der Waals surface area (Å²) in [6, 6.07) is 0. The first-order chi connectivity index (χ1) is 11.2. The van der Waals surface area contributed by atoms with Gasteiger partial charge in [0.2, 0.25) is 0 Å². The van der Waals surface area contributed by atoms with E-state index in [9.17, 15) is 0 Å². The van der Waals surface area contributed by atoms with Crippen LogP contribution in [-0.2, 0) is 4.74 Å². The van der Waals surface area contributed by atoms with E-state index in [-0.39, 0.29) is 0 Å². The van der Waals surface area contributed by atoms with E-state index in [1.807, 2.05) is 0 Å². The molecule has 1 aliphatic rings. The van der Waals surface area contributed by atoms with Crippen molar-refractivity contribution >= 4 is 18.2 Å². The summed E-state index contributed by atoms with van der Waals surface area (Å²) >= 11 is -1.45. The topological polar surface area (TPSA) is 9.23 Å². The minimum atomic E-state index is -1.45. The second-order valence-electron chi connectivity index (χ2n) is 7.13. The van der Waals surface area contributed by atoms with Gasteiger partial charge in [-0.25, -0.2) is 0 Å². The first kappa shape index (κ1) is 23.7. The molecule has 0 aromatic carbocycles. The molecule has 1 aliphatic heterocycles. The SMILES string of the molecule is C1CCOCC1.CCCCC[Te](CCC)(CCC)CCCCC. The third-order valence-corrected chi connectivity index (χ3v) is 18.6. The van der Waals surface area contributed by atoms with Crippen molar-refractivity contribution in [3.63, 3.8) is 0 Å². The van der Waals surface area contributed by atoms with Crippen molar-refractivity contribution in [1.29, 1.82) is 0 Å². The van der Waals surface area contributed by atoms with E-state index in [2.05, 4.69) is 27.7 Å². The fourth-order valence-electron chi connectivity index (χ4n) is 3.48. The van der Waals surface area contributed by atoms with Gasteiger partial charge in [-0.15, -0.1) is 0 Å². The molecule has 2 heteroatoms. The van der Waals surface area contributed by atoms with Crippen LogP contribution in [0.15, 0.2) is 0 Å². The van der Waals surface area contributed by atoms with Crippen LogP contribution in [0.25, 0.3) is 0 Å². The fraction of sp³-hybridized carbons (Fsp3) is 1.00. The van der Waals surface area contributed by atoms with Crippen LogP contribution in [0.1, 0.15) is 98.3 Å². The molecule has 0 bridgehead atoms. The molecule has 1 heterocycles. The van der Waals surface area contributed by atoms with E-state index in [1.165, 1.54) is 57.8 Å². The van der Waals surface area contributed by atoms with Gasteiger partial charge in [-0.1, -0.05) is 0 Å². The summed E-state index contributed by atoms with van der Waals surface area (Å²) in [5.41, 5.74) is 0. The molecule has 0 spiro atoms. The van der Waals surface area contributed by atoms with Crippen molar-refractivity contribution in [2.75, 3.05) is 13.2 Å². The third-order valence-electron chi connectivity index (χ3n) is 4.71. The first-order valence-corrected chi connectivity index (χ1v) is 17.2. The standard InChI is InChI=1S/C16H36Te.C5H10O/c1-5-9-11-15-17(13-7-3,14-8-4)16-12-10-6-2;1-2-4-6-5-3-1/h5-16H2,1-4H3;1-5H2. The van der Waals surface area contributed by atoms with Gasteiger partial charge in [-0.2, -0.15) is 0 Å². The van der Waals surface area contributed by atoms with Gasteiger partial charge < -0.3 is 4.74 Å². The van der Waals surface area contributed by atoms with Gasteiger partial charge in [0.25, 0.3) is 0 Å². The van der Waals surface area contributed by atoms with Crippen LogP contribution >= 0.6 is 0 Å². The molecule has 0 radical (unpaired) electrons. The molecule has 0 N–H and O–H groups in total. The zero-order valence-electron chi connectivity index (χ0n) is 16.8. The number of unbranched alkanes of at least 4 members (excludes halogenated alkanes) is 4. The Hall–Kier alpha value is 0.750. The van der Waals surface area contributed by atoms with E-state index < -0.39 is 18.2 Å². The molecule has 1 saturated heterocycles. The van der Waals surface area contributed by atoms with Crippen LogP contribution in [0.2, 0.25) is 17.9 Å². The molecule has 0 unspecified atom stereocenters. The molecule has 1 rings (SSSR count). The Kier molecular flexibility index (Phi) is 18.1. The average Bonchev–Trinajstić information content (AvgIpc) is 2.58. The predicted octanol–water partition coefficient (Wildman–Crippen LogP) is 7.82. The van der Waals surface area contributed by atoms with Crippen LogP contribution in [0.4, 0.5) is 0 Å². The van der Waals surface area contributed by atoms with Crippen molar-refractivity contribution in [3.05, 3.63) is 0 Å². The van der Waals surface area contributed by atoms with Crippen molar-refractivity contribution in [2.24, 2.45) is 0 Å². The molecule has 0 aliphatic carbocycles. The maximum absolute atomic E-state index is 5.07. The number of hydrogen-bond acceptors (Lipinski definition) is 1. The molecule has 1 fully saturated rings. The van der Waals surface area contributed by atoms with E-state index in [0.29, 0.717) is 0 Å². The zero-order chi connectivity index (χ0) is 17.2. The summed E-state index contributed by atoms with van der Waals surface area (Å²) in [6.07, 6.45) is 15.7. The normalized spacial score (nSPS) is 15.8. The summed E-state index contributed by atoms with van der Waals surface area (Å²) < 4.78 is 11.7. The number of ether oxygens (including phenoxy) is 1. The number of hydrogen-bond donors (Lipinski definition) is 0. The summed E-state index contributed by atoms with van der Waals surface area (Å²) in [6.45, 7) is 11.5. The van der Waals surface area contributed by atoms with Crippen LogP contribution in [0, 0.1) is 0 Å². The van der Waals surface area contributed by atoms with Gasteiger partial charge in [0, 0.05) is 13.2 Å². The van der Waals surface area contributed by atoms with Crippen LogP contribution < -0.4 is 0 Å². The Morgan fingerprint density at radius 1 is 0.565 bits per heavy atom. The molecule has 1 nitrogen and oxygen atoms in total. The second kappa shape index (κ2) is 17.6. The fourth-order valence-corrected chi connectivity index (χ4v) is 16.6. The van der Waals surface area contributed by atoms with Gasteiger partial charge in [0.1, 0.15) is 0 Å². The quantitative estimate of drug-likeness (QED) is 0.221. The molecule has 0 atom stereocenters. The maximum atomic E-state index is 5.07. The first-order valence-electron chi connectivity index (χ1n) is 10.6. The number of rotatable bonds is 12. The van der Waals surface area contributed by atoms with Crippen molar-refractivity contribution in [2.45, 2.75) is 116 Å². The van der Waals surface area contributed by atoms with Gasteiger partial charge in [-0.05, 0) is 19.3 Å². The van der Waals surface area contributed by atoms with E-state index in [4.69, 9.17) is 4.74 Å². The minimum absolute atomic E-state index is 1.00. The van der Waals surface area contributed by atoms with E-state index in [1.54, 1.807) is 30.7 Å². The Bertz CT molecular complexity index is 196.